The Morgan fingerprint density at radius 3 is 2.04 bits per heavy atom. The van der Waals surface area contributed by atoms with Gasteiger partial charge in [0, 0.05) is 5.39 Å². The molecule has 0 radical (unpaired) electrons. The lowest BCUT2D eigenvalue weighted by atomic mass is 10.1. The highest BCUT2D eigenvalue weighted by Gasteiger charge is 2.00. The second-order valence-electron chi connectivity index (χ2n) is 5.80. The Morgan fingerprint density at radius 2 is 1.38 bits per heavy atom. The van der Waals surface area contributed by atoms with E-state index in [1.54, 1.807) is 24.3 Å². The number of nitrogens with zero attached hydrogens (tertiary/aromatic N) is 2. The summed E-state index contributed by atoms with van der Waals surface area (Å²) in [6, 6.07) is 25.1. The minimum absolute atomic E-state index is 0.435. The van der Waals surface area contributed by atoms with Crippen molar-refractivity contribution in [1.82, 2.24) is 0 Å². The third kappa shape index (κ3) is 5.36. The maximum atomic E-state index is 8.45. The molecule has 0 aliphatic rings. The van der Waals surface area contributed by atoms with Gasteiger partial charge in [-0.2, -0.15) is 10.5 Å². The van der Waals surface area contributed by atoms with Crippen molar-refractivity contribution in [1.29, 1.82) is 10.5 Å². The summed E-state index contributed by atoms with van der Waals surface area (Å²) >= 11 is 0. The minimum atomic E-state index is 0.435. The van der Waals surface area contributed by atoms with Crippen LogP contribution in [0.15, 0.2) is 66.7 Å². The first-order valence-corrected chi connectivity index (χ1v) is 8.80. The van der Waals surface area contributed by atoms with Gasteiger partial charge in [-0.05, 0) is 30.0 Å². The molecule has 3 aromatic carbocycles. The second kappa shape index (κ2) is 10.5. The van der Waals surface area contributed by atoms with Crippen molar-refractivity contribution in [3.8, 4) is 17.9 Å². The monoisotopic (exact) mass is 342 g/mol. The topological polar surface area (TPSA) is 56.8 Å². The smallest absolute Gasteiger partial charge is 0.127 e. The number of unbranched alkanes of at least 4 members (excludes halogenated alkanes) is 2. The average molecular weight is 342 g/mol. The zero-order valence-corrected chi connectivity index (χ0v) is 15.0. The second-order valence-corrected chi connectivity index (χ2v) is 5.80. The Bertz CT molecular complexity index is 881. The molecule has 0 aromatic heterocycles. The summed E-state index contributed by atoms with van der Waals surface area (Å²) in [5.41, 5.74) is 0.870. The fraction of sp³-hybridized carbons (Fsp3) is 0.217. The molecule has 3 heteroatoms. The zero-order valence-electron chi connectivity index (χ0n) is 15.0. The lowest BCUT2D eigenvalue weighted by Crippen LogP contribution is -1.97. The first-order chi connectivity index (χ1) is 12.8. The van der Waals surface area contributed by atoms with Crippen molar-refractivity contribution in [3.05, 3.63) is 77.9 Å². The molecule has 0 saturated carbocycles. The van der Waals surface area contributed by atoms with Crippen LogP contribution in [0.25, 0.3) is 10.8 Å². The van der Waals surface area contributed by atoms with Crippen LogP contribution < -0.4 is 4.74 Å². The molecule has 0 aliphatic heterocycles. The van der Waals surface area contributed by atoms with Crippen LogP contribution in [0.5, 0.6) is 5.75 Å². The predicted molar refractivity (Wildman–Crippen MR) is 105 cm³/mol. The number of hydrogen-bond donors (Lipinski definition) is 0. The normalized spacial score (nSPS) is 9.50. The Hall–Kier alpha value is -3.30. The Morgan fingerprint density at radius 1 is 0.769 bits per heavy atom. The zero-order chi connectivity index (χ0) is 18.6. The lowest BCUT2D eigenvalue weighted by Gasteiger charge is -2.08. The molecule has 26 heavy (non-hydrogen) atoms. The molecular formula is C23H22N2O. The first kappa shape index (κ1) is 19.0. The van der Waals surface area contributed by atoms with Crippen molar-refractivity contribution >= 4 is 10.8 Å². The number of ether oxygens (including phenoxy) is 1. The van der Waals surface area contributed by atoms with Crippen molar-refractivity contribution in [3.63, 3.8) is 0 Å². The van der Waals surface area contributed by atoms with Gasteiger partial charge >= 0.3 is 0 Å². The molecule has 0 fully saturated rings. The molecule has 3 aromatic rings. The van der Waals surface area contributed by atoms with Gasteiger partial charge < -0.3 is 4.74 Å². The highest BCUT2D eigenvalue weighted by Crippen LogP contribution is 2.25. The molecule has 0 heterocycles. The van der Waals surface area contributed by atoms with Gasteiger partial charge in [0.25, 0.3) is 0 Å². The SMILES string of the molecule is CCCCCOc1cccc2ccccc12.N#Cc1ccccc1C#N. The van der Waals surface area contributed by atoms with E-state index in [0.717, 1.165) is 18.8 Å². The summed E-state index contributed by atoms with van der Waals surface area (Å²) in [7, 11) is 0. The largest absolute Gasteiger partial charge is 0.493 e. The van der Waals surface area contributed by atoms with Crippen LogP contribution >= 0.6 is 0 Å². The van der Waals surface area contributed by atoms with Crippen LogP contribution in [0.1, 0.15) is 37.3 Å². The highest BCUT2D eigenvalue weighted by atomic mass is 16.5. The Kier molecular flexibility index (Phi) is 7.72. The lowest BCUT2D eigenvalue weighted by molar-refractivity contribution is 0.310. The molecule has 3 rings (SSSR count). The van der Waals surface area contributed by atoms with Gasteiger partial charge in [-0.1, -0.05) is 68.3 Å². The highest BCUT2D eigenvalue weighted by molar-refractivity contribution is 5.88. The summed E-state index contributed by atoms with van der Waals surface area (Å²) in [6.45, 7) is 3.03. The standard InChI is InChI=1S/C15H18O.C8H4N2/c1-2-3-6-12-16-15-11-7-9-13-8-4-5-10-14(13)15;9-5-7-3-1-2-4-8(7)6-10/h4-5,7-11H,2-3,6,12H2,1H3;1-4H. The molecule has 0 saturated heterocycles. The fourth-order valence-corrected chi connectivity index (χ4v) is 2.53. The molecule has 0 atom stereocenters. The quantitative estimate of drug-likeness (QED) is 0.547. The van der Waals surface area contributed by atoms with E-state index in [9.17, 15) is 0 Å². The first-order valence-electron chi connectivity index (χ1n) is 8.80. The number of rotatable bonds is 5. The van der Waals surface area contributed by atoms with Crippen LogP contribution in [0.2, 0.25) is 0 Å². The number of nitriles is 2. The maximum absolute atomic E-state index is 8.45. The third-order valence-electron chi connectivity index (χ3n) is 3.92. The van der Waals surface area contributed by atoms with E-state index in [1.165, 1.54) is 23.6 Å². The summed E-state index contributed by atoms with van der Waals surface area (Å²) in [5, 5.41) is 19.4. The number of fused-ring (bicyclic) bond motifs is 1. The van der Waals surface area contributed by atoms with Crippen molar-refractivity contribution in [2.75, 3.05) is 6.61 Å². The third-order valence-corrected chi connectivity index (χ3v) is 3.92. The van der Waals surface area contributed by atoms with Gasteiger partial charge in [-0.3, -0.25) is 0 Å². The van der Waals surface area contributed by atoms with E-state index in [0.29, 0.717) is 11.1 Å². The van der Waals surface area contributed by atoms with Crippen molar-refractivity contribution in [2.45, 2.75) is 26.2 Å². The molecular weight excluding hydrogens is 320 g/mol. The van der Waals surface area contributed by atoms with Gasteiger partial charge in [0.15, 0.2) is 0 Å². The Labute approximate surface area is 155 Å². The molecule has 0 bridgehead atoms. The van der Waals surface area contributed by atoms with Gasteiger partial charge in [-0.25, -0.2) is 0 Å². The molecule has 0 spiro atoms. The van der Waals surface area contributed by atoms with Crippen molar-refractivity contribution in [2.24, 2.45) is 0 Å². The molecule has 130 valence electrons. The summed E-state index contributed by atoms with van der Waals surface area (Å²) < 4.78 is 5.82. The van der Waals surface area contributed by atoms with E-state index >= 15 is 0 Å². The van der Waals surface area contributed by atoms with E-state index in [2.05, 4.69) is 43.3 Å². The Balaban J connectivity index is 0.000000209. The van der Waals surface area contributed by atoms with Gasteiger partial charge in [-0.15, -0.1) is 0 Å². The van der Waals surface area contributed by atoms with Crippen LogP contribution in [-0.2, 0) is 0 Å². The van der Waals surface area contributed by atoms with E-state index in [4.69, 9.17) is 15.3 Å². The summed E-state index contributed by atoms with van der Waals surface area (Å²) in [4.78, 5) is 0. The molecule has 0 aliphatic carbocycles. The van der Waals surface area contributed by atoms with Crippen LogP contribution in [0, 0.1) is 22.7 Å². The maximum Gasteiger partial charge on any atom is 0.127 e. The van der Waals surface area contributed by atoms with E-state index in [-0.39, 0.29) is 0 Å². The van der Waals surface area contributed by atoms with Gasteiger partial charge in [0.1, 0.15) is 17.9 Å². The number of benzene rings is 3. The van der Waals surface area contributed by atoms with Crippen molar-refractivity contribution < 1.29 is 4.74 Å². The van der Waals surface area contributed by atoms with Gasteiger partial charge in [0.2, 0.25) is 0 Å². The predicted octanol–water partition coefficient (Wildman–Crippen LogP) is 5.84. The van der Waals surface area contributed by atoms with E-state index < -0.39 is 0 Å². The fourth-order valence-electron chi connectivity index (χ4n) is 2.53. The summed E-state index contributed by atoms with van der Waals surface area (Å²) in [6.07, 6.45) is 3.61. The van der Waals surface area contributed by atoms with Crippen LogP contribution in [0.4, 0.5) is 0 Å². The molecule has 3 nitrogen and oxygen atoms in total. The minimum Gasteiger partial charge on any atom is -0.493 e. The molecule has 0 unspecified atom stereocenters. The summed E-state index contributed by atoms with van der Waals surface area (Å²) in [5.74, 6) is 1.01. The van der Waals surface area contributed by atoms with E-state index in [1.807, 2.05) is 18.2 Å². The molecule has 0 amide bonds. The van der Waals surface area contributed by atoms with Crippen LogP contribution in [-0.4, -0.2) is 6.61 Å². The van der Waals surface area contributed by atoms with Gasteiger partial charge in [0.05, 0.1) is 17.7 Å². The molecule has 0 N–H and O–H groups in total. The van der Waals surface area contributed by atoms with Crippen LogP contribution in [0.3, 0.4) is 0 Å². The average Bonchev–Trinajstić information content (AvgIpc) is 2.71. The number of hydrogen-bond acceptors (Lipinski definition) is 3.